The molecular formula is C17H34N2. The molecule has 1 rings (SSSR count). The lowest BCUT2D eigenvalue weighted by atomic mass is 9.78. The van der Waals surface area contributed by atoms with Crippen molar-refractivity contribution in [2.45, 2.75) is 76.8 Å². The molecule has 0 aromatic rings. The van der Waals surface area contributed by atoms with Crippen molar-refractivity contribution in [1.82, 2.24) is 10.2 Å². The molecule has 0 saturated heterocycles. The van der Waals surface area contributed by atoms with Gasteiger partial charge in [0.15, 0.2) is 0 Å². The van der Waals surface area contributed by atoms with Crippen LogP contribution in [0.3, 0.4) is 0 Å². The summed E-state index contributed by atoms with van der Waals surface area (Å²) in [6, 6.07) is 0.554. The fraction of sp³-hybridized carbons (Fsp3) is 0.882. The normalized spacial score (nSPS) is 21.1. The van der Waals surface area contributed by atoms with E-state index in [-0.39, 0.29) is 0 Å². The van der Waals surface area contributed by atoms with E-state index >= 15 is 0 Å². The minimum absolute atomic E-state index is 0.324. The zero-order valence-corrected chi connectivity index (χ0v) is 13.6. The Hall–Kier alpha value is -0.340. The molecule has 0 aliphatic heterocycles. The van der Waals surface area contributed by atoms with E-state index in [1.807, 2.05) is 0 Å². The van der Waals surface area contributed by atoms with Gasteiger partial charge in [0.25, 0.3) is 0 Å². The predicted octanol–water partition coefficient (Wildman–Crippen LogP) is 3.98. The third kappa shape index (κ3) is 4.61. The standard InChI is InChI=1S/C17H34N2/c1-6-13-18-16(14-15(2)3)17(19(4)5)11-9-7-8-10-12-17/h16,18H,2,6-14H2,1,3-5H3. The van der Waals surface area contributed by atoms with Gasteiger partial charge in [0.05, 0.1) is 0 Å². The summed E-state index contributed by atoms with van der Waals surface area (Å²) in [5, 5.41) is 3.82. The topological polar surface area (TPSA) is 15.3 Å². The quantitative estimate of drug-likeness (QED) is 0.554. The summed E-state index contributed by atoms with van der Waals surface area (Å²) in [6.07, 6.45) is 10.5. The molecule has 19 heavy (non-hydrogen) atoms. The van der Waals surface area contributed by atoms with Crippen LogP contribution in [-0.4, -0.2) is 37.1 Å². The van der Waals surface area contributed by atoms with Crippen molar-refractivity contribution < 1.29 is 0 Å². The molecule has 2 heteroatoms. The lowest BCUT2D eigenvalue weighted by molar-refractivity contribution is 0.0801. The van der Waals surface area contributed by atoms with Gasteiger partial charge >= 0.3 is 0 Å². The highest BCUT2D eigenvalue weighted by Gasteiger charge is 2.40. The molecule has 1 fully saturated rings. The predicted molar refractivity (Wildman–Crippen MR) is 85.6 cm³/mol. The van der Waals surface area contributed by atoms with E-state index in [9.17, 15) is 0 Å². The van der Waals surface area contributed by atoms with Crippen LogP contribution in [0, 0.1) is 0 Å². The zero-order valence-electron chi connectivity index (χ0n) is 13.6. The van der Waals surface area contributed by atoms with Gasteiger partial charge in [-0.2, -0.15) is 0 Å². The first-order valence-electron chi connectivity index (χ1n) is 8.08. The van der Waals surface area contributed by atoms with Crippen LogP contribution >= 0.6 is 0 Å². The van der Waals surface area contributed by atoms with Crippen LogP contribution in [0.1, 0.15) is 65.2 Å². The SMILES string of the molecule is C=C(C)CC(NCCC)C1(N(C)C)CCCCCC1. The molecule has 0 aromatic carbocycles. The maximum absolute atomic E-state index is 4.15. The summed E-state index contributed by atoms with van der Waals surface area (Å²) >= 11 is 0. The van der Waals surface area contributed by atoms with Crippen LogP contribution in [0.5, 0.6) is 0 Å². The number of likely N-dealkylation sites (N-methyl/N-ethyl adjacent to an activating group) is 1. The van der Waals surface area contributed by atoms with Crippen molar-refractivity contribution in [3.8, 4) is 0 Å². The summed E-state index contributed by atoms with van der Waals surface area (Å²) < 4.78 is 0. The molecule has 0 spiro atoms. The van der Waals surface area contributed by atoms with Gasteiger partial charge in [0.1, 0.15) is 0 Å². The largest absolute Gasteiger partial charge is 0.312 e. The maximum Gasteiger partial charge on any atom is 0.0359 e. The molecule has 0 heterocycles. The minimum Gasteiger partial charge on any atom is -0.312 e. The van der Waals surface area contributed by atoms with E-state index in [2.05, 4.69) is 44.7 Å². The molecule has 112 valence electrons. The monoisotopic (exact) mass is 266 g/mol. The van der Waals surface area contributed by atoms with Crippen molar-refractivity contribution in [3.05, 3.63) is 12.2 Å². The second-order valence-corrected chi connectivity index (χ2v) is 6.58. The Labute approximate surface area is 120 Å². The smallest absolute Gasteiger partial charge is 0.0359 e. The van der Waals surface area contributed by atoms with Gasteiger partial charge in [0, 0.05) is 11.6 Å². The van der Waals surface area contributed by atoms with Gasteiger partial charge in [-0.1, -0.05) is 38.2 Å². The minimum atomic E-state index is 0.324. The van der Waals surface area contributed by atoms with Crippen LogP contribution in [0.4, 0.5) is 0 Å². The molecule has 0 amide bonds. The molecule has 0 aromatic heterocycles. The van der Waals surface area contributed by atoms with Gasteiger partial charge in [-0.05, 0) is 53.2 Å². The summed E-state index contributed by atoms with van der Waals surface area (Å²) in [7, 11) is 4.54. The average Bonchev–Trinajstić information content (AvgIpc) is 2.60. The second-order valence-electron chi connectivity index (χ2n) is 6.58. The van der Waals surface area contributed by atoms with Crippen molar-refractivity contribution in [3.63, 3.8) is 0 Å². The zero-order chi connectivity index (χ0) is 14.3. The van der Waals surface area contributed by atoms with Crippen LogP contribution < -0.4 is 5.32 Å². The summed E-state index contributed by atoms with van der Waals surface area (Å²) in [5.74, 6) is 0. The summed E-state index contributed by atoms with van der Waals surface area (Å²) in [5.41, 5.74) is 1.63. The Morgan fingerprint density at radius 2 is 1.79 bits per heavy atom. The highest BCUT2D eigenvalue weighted by atomic mass is 15.2. The molecule has 1 N–H and O–H groups in total. The molecule has 1 unspecified atom stereocenters. The van der Waals surface area contributed by atoms with Crippen LogP contribution in [-0.2, 0) is 0 Å². The molecule has 1 aliphatic rings. The van der Waals surface area contributed by atoms with Crippen molar-refractivity contribution in [2.24, 2.45) is 0 Å². The highest BCUT2D eigenvalue weighted by molar-refractivity contribution is 5.05. The number of hydrogen-bond acceptors (Lipinski definition) is 2. The summed E-state index contributed by atoms with van der Waals surface area (Å²) in [6.45, 7) is 9.69. The first kappa shape index (κ1) is 16.7. The lowest BCUT2D eigenvalue weighted by Gasteiger charge is -2.46. The lowest BCUT2D eigenvalue weighted by Crippen LogP contribution is -2.59. The van der Waals surface area contributed by atoms with Crippen molar-refractivity contribution in [2.75, 3.05) is 20.6 Å². The van der Waals surface area contributed by atoms with E-state index in [0.717, 1.165) is 13.0 Å². The van der Waals surface area contributed by atoms with E-state index in [1.165, 1.54) is 50.5 Å². The highest BCUT2D eigenvalue weighted by Crippen LogP contribution is 2.36. The van der Waals surface area contributed by atoms with Crippen LogP contribution in [0.15, 0.2) is 12.2 Å². The molecule has 0 radical (unpaired) electrons. The Morgan fingerprint density at radius 1 is 1.21 bits per heavy atom. The van der Waals surface area contributed by atoms with Crippen molar-refractivity contribution >= 4 is 0 Å². The van der Waals surface area contributed by atoms with E-state index in [4.69, 9.17) is 0 Å². The second kappa shape index (κ2) is 8.06. The van der Waals surface area contributed by atoms with E-state index < -0.39 is 0 Å². The molecule has 2 nitrogen and oxygen atoms in total. The van der Waals surface area contributed by atoms with Crippen molar-refractivity contribution in [1.29, 1.82) is 0 Å². The maximum atomic E-state index is 4.15. The van der Waals surface area contributed by atoms with Gasteiger partial charge in [0.2, 0.25) is 0 Å². The van der Waals surface area contributed by atoms with Gasteiger partial charge in [-0.25, -0.2) is 0 Å². The number of rotatable bonds is 7. The average molecular weight is 266 g/mol. The third-order valence-corrected chi connectivity index (χ3v) is 4.70. The van der Waals surface area contributed by atoms with E-state index in [1.54, 1.807) is 0 Å². The number of nitrogens with one attached hydrogen (secondary N) is 1. The number of nitrogens with zero attached hydrogens (tertiary/aromatic N) is 1. The van der Waals surface area contributed by atoms with Crippen LogP contribution in [0.25, 0.3) is 0 Å². The first-order chi connectivity index (χ1) is 9.03. The molecular weight excluding hydrogens is 232 g/mol. The fourth-order valence-electron chi connectivity index (χ4n) is 3.57. The van der Waals surface area contributed by atoms with Gasteiger partial charge in [-0.15, -0.1) is 6.58 Å². The molecule has 0 bridgehead atoms. The third-order valence-electron chi connectivity index (χ3n) is 4.70. The Kier molecular flexibility index (Phi) is 7.09. The Balaban J connectivity index is 2.90. The molecule has 1 aliphatic carbocycles. The Bertz CT molecular complexity index is 262. The summed E-state index contributed by atoms with van der Waals surface area (Å²) in [4.78, 5) is 2.49. The van der Waals surface area contributed by atoms with E-state index in [0.29, 0.717) is 11.6 Å². The Morgan fingerprint density at radius 3 is 2.21 bits per heavy atom. The van der Waals surface area contributed by atoms with Gasteiger partial charge < -0.3 is 10.2 Å². The van der Waals surface area contributed by atoms with Crippen LogP contribution in [0.2, 0.25) is 0 Å². The number of hydrogen-bond donors (Lipinski definition) is 1. The molecule has 1 atom stereocenters. The first-order valence-corrected chi connectivity index (χ1v) is 8.08. The van der Waals surface area contributed by atoms with Gasteiger partial charge in [-0.3, -0.25) is 0 Å². The molecule has 1 saturated carbocycles. The fourth-order valence-corrected chi connectivity index (χ4v) is 3.57.